The molecular weight excluding hydrogens is 336 g/mol. The van der Waals surface area contributed by atoms with Gasteiger partial charge in [0.2, 0.25) is 5.95 Å². The minimum absolute atomic E-state index is 0.171. The maximum atomic E-state index is 11.7. The summed E-state index contributed by atoms with van der Waals surface area (Å²) in [5, 5.41) is 12.6. The van der Waals surface area contributed by atoms with Crippen LogP contribution >= 0.6 is 0 Å². The molecule has 0 aliphatic rings. The molecule has 128 valence electrons. The van der Waals surface area contributed by atoms with Gasteiger partial charge in [0.1, 0.15) is 16.7 Å². The van der Waals surface area contributed by atoms with Gasteiger partial charge in [-0.1, -0.05) is 18.2 Å². The maximum absolute atomic E-state index is 11.7. The van der Waals surface area contributed by atoms with Crippen molar-refractivity contribution >= 4 is 28.3 Å². The van der Waals surface area contributed by atoms with Crippen LogP contribution in [0, 0.1) is 0 Å². The van der Waals surface area contributed by atoms with E-state index in [1.54, 1.807) is 42.0 Å². The number of phenols is 1. The summed E-state index contributed by atoms with van der Waals surface area (Å²) in [4.78, 5) is 8.73. The molecule has 1 atom stereocenters. The number of aromatic hydroxyl groups is 1. The Hall–Kier alpha value is -2.93. The Morgan fingerprint density at radius 1 is 1.12 bits per heavy atom. The third-order valence-electron chi connectivity index (χ3n) is 3.65. The van der Waals surface area contributed by atoms with Gasteiger partial charge in [0, 0.05) is 42.5 Å². The van der Waals surface area contributed by atoms with Gasteiger partial charge in [-0.25, -0.2) is 14.2 Å². The number of hydrogen-bond donors (Lipinski definition) is 2. The smallest absolute Gasteiger partial charge is 0.227 e. The normalized spacial score (nSPS) is 11.8. The van der Waals surface area contributed by atoms with Crippen LogP contribution in [0.15, 0.2) is 60.8 Å². The molecule has 3 aromatic rings. The fourth-order valence-electron chi connectivity index (χ4n) is 2.30. The van der Waals surface area contributed by atoms with Crippen LogP contribution in [0.25, 0.3) is 11.3 Å². The first-order valence-electron chi connectivity index (χ1n) is 7.60. The van der Waals surface area contributed by atoms with Gasteiger partial charge in [0.05, 0.1) is 5.69 Å². The monoisotopic (exact) mass is 354 g/mol. The molecule has 0 saturated heterocycles. The van der Waals surface area contributed by atoms with Crippen LogP contribution in [-0.4, -0.2) is 32.6 Å². The topological polar surface area (TPSA) is 78.3 Å². The van der Waals surface area contributed by atoms with Gasteiger partial charge in [-0.2, -0.15) is 0 Å². The molecule has 2 N–H and O–H groups in total. The molecule has 1 unspecified atom stereocenters. The molecule has 6 nitrogen and oxygen atoms in total. The van der Waals surface area contributed by atoms with Crippen molar-refractivity contribution in [3.05, 3.63) is 60.8 Å². The van der Waals surface area contributed by atoms with Crippen molar-refractivity contribution in [2.45, 2.75) is 0 Å². The van der Waals surface area contributed by atoms with Crippen molar-refractivity contribution in [2.24, 2.45) is 0 Å². The highest BCUT2D eigenvalue weighted by Crippen LogP contribution is 2.25. The van der Waals surface area contributed by atoms with E-state index in [0.717, 1.165) is 16.9 Å². The number of nitrogens with one attached hydrogen (secondary N) is 1. The highest BCUT2D eigenvalue weighted by Gasteiger charge is 2.08. The van der Waals surface area contributed by atoms with E-state index in [-0.39, 0.29) is 5.75 Å². The summed E-state index contributed by atoms with van der Waals surface area (Å²) in [6.45, 7) is 0. The number of anilines is 3. The SMILES string of the molecule is CN(c1cccc(-c2ccnc(Nc3cccc(O)c3)n2)c1)S(C)=O. The Kier molecular flexibility index (Phi) is 4.95. The predicted molar refractivity (Wildman–Crippen MR) is 101 cm³/mol. The summed E-state index contributed by atoms with van der Waals surface area (Å²) >= 11 is 0. The third-order valence-corrected chi connectivity index (χ3v) is 4.63. The maximum Gasteiger partial charge on any atom is 0.227 e. The van der Waals surface area contributed by atoms with E-state index in [2.05, 4.69) is 15.3 Å². The van der Waals surface area contributed by atoms with E-state index in [0.29, 0.717) is 11.6 Å². The fraction of sp³-hybridized carbons (Fsp3) is 0.111. The minimum Gasteiger partial charge on any atom is -0.508 e. The van der Waals surface area contributed by atoms with Gasteiger partial charge < -0.3 is 10.4 Å². The number of phenolic OH excluding ortho intramolecular Hbond substituents is 1. The van der Waals surface area contributed by atoms with Gasteiger partial charge in [0.15, 0.2) is 0 Å². The molecule has 25 heavy (non-hydrogen) atoms. The molecule has 0 amide bonds. The first-order chi connectivity index (χ1) is 12.0. The van der Waals surface area contributed by atoms with Crippen molar-refractivity contribution in [3.63, 3.8) is 0 Å². The van der Waals surface area contributed by atoms with Gasteiger partial charge in [-0.05, 0) is 30.3 Å². The van der Waals surface area contributed by atoms with Crippen molar-refractivity contribution in [2.75, 3.05) is 22.9 Å². The lowest BCUT2D eigenvalue weighted by Gasteiger charge is -2.16. The minimum atomic E-state index is -1.09. The average molecular weight is 354 g/mol. The number of rotatable bonds is 5. The zero-order chi connectivity index (χ0) is 17.8. The lowest BCUT2D eigenvalue weighted by Crippen LogP contribution is -2.18. The lowest BCUT2D eigenvalue weighted by atomic mass is 10.1. The number of nitrogens with zero attached hydrogens (tertiary/aromatic N) is 3. The summed E-state index contributed by atoms with van der Waals surface area (Å²) in [6, 6.07) is 16.3. The predicted octanol–water partition coefficient (Wildman–Crippen LogP) is 3.32. The first kappa shape index (κ1) is 16.9. The van der Waals surface area contributed by atoms with E-state index in [9.17, 15) is 9.32 Å². The molecule has 2 aromatic carbocycles. The Morgan fingerprint density at radius 2 is 1.92 bits per heavy atom. The summed E-state index contributed by atoms with van der Waals surface area (Å²) in [7, 11) is 0.687. The quantitative estimate of drug-likeness (QED) is 0.735. The summed E-state index contributed by atoms with van der Waals surface area (Å²) in [5.41, 5.74) is 3.19. The summed E-state index contributed by atoms with van der Waals surface area (Å²) in [5.74, 6) is 0.602. The van der Waals surface area contributed by atoms with E-state index in [4.69, 9.17) is 0 Å². The van der Waals surface area contributed by atoms with E-state index in [1.807, 2.05) is 36.4 Å². The molecule has 0 spiro atoms. The van der Waals surface area contributed by atoms with Crippen LogP contribution in [0.3, 0.4) is 0 Å². The third kappa shape index (κ3) is 4.13. The van der Waals surface area contributed by atoms with Crippen LogP contribution in [0.4, 0.5) is 17.3 Å². The standard InChI is InChI=1S/C18H18N4O2S/c1-22(25(2)24)15-7-3-5-13(11-15)17-9-10-19-18(21-17)20-14-6-4-8-16(23)12-14/h3-12,23H,1-2H3,(H,19,20,21). The molecule has 7 heteroatoms. The summed E-state index contributed by atoms with van der Waals surface area (Å²) < 4.78 is 13.3. The van der Waals surface area contributed by atoms with Crippen molar-refractivity contribution in [1.82, 2.24) is 9.97 Å². The summed E-state index contributed by atoms with van der Waals surface area (Å²) in [6.07, 6.45) is 3.30. The van der Waals surface area contributed by atoms with Gasteiger partial charge in [-0.15, -0.1) is 0 Å². The van der Waals surface area contributed by atoms with Crippen LogP contribution < -0.4 is 9.62 Å². The van der Waals surface area contributed by atoms with Crippen LogP contribution in [0.5, 0.6) is 5.75 Å². The Morgan fingerprint density at radius 3 is 2.68 bits per heavy atom. The molecule has 1 aromatic heterocycles. The number of benzene rings is 2. The van der Waals surface area contributed by atoms with Crippen LogP contribution in [0.1, 0.15) is 0 Å². The zero-order valence-electron chi connectivity index (χ0n) is 13.9. The number of hydrogen-bond acceptors (Lipinski definition) is 5. The highest BCUT2D eigenvalue weighted by atomic mass is 32.2. The Bertz CT molecular complexity index is 917. The van der Waals surface area contributed by atoms with Gasteiger partial charge >= 0.3 is 0 Å². The molecule has 3 rings (SSSR count). The molecular formula is C18H18N4O2S. The average Bonchev–Trinajstić information content (AvgIpc) is 2.61. The van der Waals surface area contributed by atoms with Crippen molar-refractivity contribution in [3.8, 4) is 17.0 Å². The van der Waals surface area contributed by atoms with Crippen LogP contribution in [-0.2, 0) is 11.0 Å². The Labute approximate surface area is 148 Å². The second-order valence-electron chi connectivity index (χ2n) is 5.41. The lowest BCUT2D eigenvalue weighted by molar-refractivity contribution is 0.475. The molecule has 0 aliphatic heterocycles. The van der Waals surface area contributed by atoms with Crippen molar-refractivity contribution < 1.29 is 9.32 Å². The van der Waals surface area contributed by atoms with Gasteiger partial charge in [0.25, 0.3) is 0 Å². The van der Waals surface area contributed by atoms with E-state index >= 15 is 0 Å². The van der Waals surface area contributed by atoms with E-state index < -0.39 is 11.0 Å². The molecule has 0 radical (unpaired) electrons. The Balaban J connectivity index is 1.89. The molecule has 0 aliphatic carbocycles. The molecule has 1 heterocycles. The van der Waals surface area contributed by atoms with Crippen LogP contribution in [0.2, 0.25) is 0 Å². The first-order valence-corrected chi connectivity index (χ1v) is 9.11. The molecule has 0 saturated carbocycles. The van der Waals surface area contributed by atoms with Crippen molar-refractivity contribution in [1.29, 1.82) is 0 Å². The largest absolute Gasteiger partial charge is 0.508 e. The molecule has 0 fully saturated rings. The second kappa shape index (κ2) is 7.31. The zero-order valence-corrected chi connectivity index (χ0v) is 14.7. The fourth-order valence-corrected chi connectivity index (χ4v) is 2.71. The number of aromatic nitrogens is 2. The second-order valence-corrected chi connectivity index (χ2v) is 6.81. The van der Waals surface area contributed by atoms with E-state index in [1.165, 1.54) is 0 Å². The van der Waals surface area contributed by atoms with Gasteiger partial charge in [-0.3, -0.25) is 4.31 Å². The highest BCUT2D eigenvalue weighted by molar-refractivity contribution is 7.85. The molecule has 0 bridgehead atoms.